The van der Waals surface area contributed by atoms with E-state index in [0.717, 1.165) is 25.9 Å². The highest BCUT2D eigenvalue weighted by Gasteiger charge is 2.31. The van der Waals surface area contributed by atoms with Gasteiger partial charge >= 0.3 is 6.36 Å². The Kier molecular flexibility index (Phi) is 4.19. The highest BCUT2D eigenvalue weighted by molar-refractivity contribution is 5.31. The number of hydroxylamine groups is 2. The first-order chi connectivity index (χ1) is 8.92. The third-order valence-electron chi connectivity index (χ3n) is 3.03. The zero-order chi connectivity index (χ0) is 13.9. The van der Waals surface area contributed by atoms with Crippen LogP contribution in [0.15, 0.2) is 24.3 Å². The van der Waals surface area contributed by atoms with Crippen molar-refractivity contribution in [2.75, 3.05) is 13.1 Å². The Bertz CT molecular complexity index is 397. The monoisotopic (exact) mass is 275 g/mol. The van der Waals surface area contributed by atoms with Gasteiger partial charge in [0, 0.05) is 13.1 Å². The lowest BCUT2D eigenvalue weighted by Gasteiger charge is -2.29. The fourth-order valence-electron chi connectivity index (χ4n) is 1.93. The molecule has 3 nitrogen and oxygen atoms in total. The van der Waals surface area contributed by atoms with Gasteiger partial charge in [-0.15, -0.1) is 18.2 Å². The molecule has 1 aromatic carbocycles. The van der Waals surface area contributed by atoms with E-state index in [0.29, 0.717) is 11.7 Å². The summed E-state index contributed by atoms with van der Waals surface area (Å²) in [6.07, 6.45) is -2.53. The lowest BCUT2D eigenvalue weighted by atomic mass is 10.0. The Balaban J connectivity index is 1.88. The van der Waals surface area contributed by atoms with Crippen molar-refractivity contribution in [3.8, 4) is 11.5 Å². The van der Waals surface area contributed by atoms with E-state index < -0.39 is 6.36 Å². The topological polar surface area (TPSA) is 21.7 Å². The van der Waals surface area contributed by atoms with Gasteiger partial charge in [0.05, 0.1) is 0 Å². The van der Waals surface area contributed by atoms with Crippen LogP contribution in [0.1, 0.15) is 19.8 Å². The zero-order valence-corrected chi connectivity index (χ0v) is 10.6. The summed E-state index contributed by atoms with van der Waals surface area (Å²) >= 11 is 0. The van der Waals surface area contributed by atoms with Gasteiger partial charge in [-0.25, -0.2) is 0 Å². The van der Waals surface area contributed by atoms with Gasteiger partial charge in [-0.3, -0.25) is 0 Å². The number of halogens is 3. The van der Waals surface area contributed by atoms with Crippen molar-refractivity contribution in [1.82, 2.24) is 5.06 Å². The maximum absolute atomic E-state index is 12.0. The number of ether oxygens (including phenoxy) is 1. The molecule has 19 heavy (non-hydrogen) atoms. The van der Waals surface area contributed by atoms with E-state index in [2.05, 4.69) is 11.7 Å². The van der Waals surface area contributed by atoms with Crippen molar-refractivity contribution < 1.29 is 22.7 Å². The van der Waals surface area contributed by atoms with Crippen LogP contribution in [0.3, 0.4) is 0 Å². The minimum atomic E-state index is -4.66. The van der Waals surface area contributed by atoms with Crippen molar-refractivity contribution >= 4 is 0 Å². The van der Waals surface area contributed by atoms with E-state index in [1.807, 2.05) is 5.06 Å². The molecule has 0 aromatic heterocycles. The molecule has 0 amide bonds. The molecule has 1 aromatic rings. The molecule has 0 unspecified atom stereocenters. The molecule has 1 fully saturated rings. The van der Waals surface area contributed by atoms with Crippen molar-refractivity contribution in [1.29, 1.82) is 0 Å². The Morgan fingerprint density at radius 3 is 2.11 bits per heavy atom. The van der Waals surface area contributed by atoms with Crippen LogP contribution in [0.2, 0.25) is 0 Å². The van der Waals surface area contributed by atoms with E-state index in [1.165, 1.54) is 24.3 Å². The molecule has 0 aliphatic carbocycles. The standard InChI is InChI=1S/C13H16F3NO2/c1-10-6-8-17(9-7-10)19-12-4-2-11(3-5-12)18-13(14,15)16/h2-5,10H,6-9H2,1H3. The maximum atomic E-state index is 12.0. The largest absolute Gasteiger partial charge is 0.573 e. The molecule has 106 valence electrons. The molecule has 1 aliphatic heterocycles. The van der Waals surface area contributed by atoms with Gasteiger partial charge in [-0.05, 0) is 43.0 Å². The lowest BCUT2D eigenvalue weighted by molar-refractivity contribution is -0.274. The molecule has 1 saturated heterocycles. The minimum Gasteiger partial charge on any atom is -0.406 e. The van der Waals surface area contributed by atoms with Crippen molar-refractivity contribution in [2.45, 2.75) is 26.1 Å². The Labute approximate surface area is 109 Å². The second kappa shape index (κ2) is 5.69. The summed E-state index contributed by atoms with van der Waals surface area (Å²) in [4.78, 5) is 5.59. The fourth-order valence-corrected chi connectivity index (χ4v) is 1.93. The molecule has 0 bridgehead atoms. The average molecular weight is 275 g/mol. The normalized spacial score (nSPS) is 18.3. The van der Waals surface area contributed by atoms with E-state index in [4.69, 9.17) is 4.84 Å². The van der Waals surface area contributed by atoms with Crippen LogP contribution < -0.4 is 9.57 Å². The number of hydrogen-bond acceptors (Lipinski definition) is 3. The number of rotatable bonds is 3. The quantitative estimate of drug-likeness (QED) is 0.841. The Hall–Kier alpha value is -1.43. The summed E-state index contributed by atoms with van der Waals surface area (Å²) in [5, 5.41) is 1.83. The first-order valence-corrected chi connectivity index (χ1v) is 6.21. The van der Waals surface area contributed by atoms with Gasteiger partial charge in [0.25, 0.3) is 0 Å². The summed E-state index contributed by atoms with van der Waals surface area (Å²) in [5.41, 5.74) is 0. The second-order valence-electron chi connectivity index (χ2n) is 4.72. The van der Waals surface area contributed by atoms with Crippen molar-refractivity contribution in [3.05, 3.63) is 24.3 Å². The summed E-state index contributed by atoms with van der Waals surface area (Å²) in [7, 11) is 0. The van der Waals surface area contributed by atoms with Crippen LogP contribution in [-0.4, -0.2) is 24.5 Å². The van der Waals surface area contributed by atoms with Gasteiger partial charge in [-0.2, -0.15) is 0 Å². The van der Waals surface area contributed by atoms with Gasteiger partial charge in [-0.1, -0.05) is 6.92 Å². The van der Waals surface area contributed by atoms with Crippen LogP contribution >= 0.6 is 0 Å². The highest BCUT2D eigenvalue weighted by atomic mass is 19.4. The average Bonchev–Trinajstić information content (AvgIpc) is 2.33. The third kappa shape index (κ3) is 4.63. The minimum absolute atomic E-state index is 0.243. The molecule has 6 heteroatoms. The molecular weight excluding hydrogens is 259 g/mol. The molecule has 0 atom stereocenters. The van der Waals surface area contributed by atoms with Crippen LogP contribution in [0.5, 0.6) is 11.5 Å². The van der Waals surface area contributed by atoms with Gasteiger partial charge < -0.3 is 9.57 Å². The number of benzene rings is 1. The second-order valence-corrected chi connectivity index (χ2v) is 4.72. The number of hydrogen-bond donors (Lipinski definition) is 0. The SMILES string of the molecule is CC1CCN(Oc2ccc(OC(F)(F)F)cc2)CC1. The summed E-state index contributed by atoms with van der Waals surface area (Å²) in [5.74, 6) is 0.971. The molecule has 0 saturated carbocycles. The van der Waals surface area contributed by atoms with E-state index in [-0.39, 0.29) is 5.75 Å². The van der Waals surface area contributed by atoms with Gasteiger partial charge in [0.15, 0.2) is 0 Å². The number of alkyl halides is 3. The number of nitrogens with zero attached hydrogens (tertiary/aromatic N) is 1. The Morgan fingerprint density at radius 2 is 1.58 bits per heavy atom. The molecule has 0 N–H and O–H groups in total. The molecule has 0 spiro atoms. The first-order valence-electron chi connectivity index (χ1n) is 6.21. The predicted octanol–water partition coefficient (Wildman–Crippen LogP) is 3.61. The van der Waals surface area contributed by atoms with E-state index in [9.17, 15) is 13.2 Å². The predicted molar refractivity (Wildman–Crippen MR) is 63.7 cm³/mol. The smallest absolute Gasteiger partial charge is 0.406 e. The lowest BCUT2D eigenvalue weighted by Crippen LogP contribution is -2.35. The van der Waals surface area contributed by atoms with Crippen LogP contribution in [-0.2, 0) is 0 Å². The maximum Gasteiger partial charge on any atom is 0.573 e. The first kappa shape index (κ1) is 14.0. The van der Waals surface area contributed by atoms with E-state index in [1.54, 1.807) is 0 Å². The molecule has 1 aliphatic rings. The van der Waals surface area contributed by atoms with Gasteiger partial charge in [0.1, 0.15) is 11.5 Å². The fraction of sp³-hybridized carbons (Fsp3) is 0.538. The van der Waals surface area contributed by atoms with E-state index >= 15 is 0 Å². The molecule has 1 heterocycles. The van der Waals surface area contributed by atoms with Crippen molar-refractivity contribution in [2.24, 2.45) is 5.92 Å². The molecule has 0 radical (unpaired) electrons. The molecular formula is C13H16F3NO2. The zero-order valence-electron chi connectivity index (χ0n) is 10.6. The number of piperidine rings is 1. The van der Waals surface area contributed by atoms with Crippen LogP contribution in [0.25, 0.3) is 0 Å². The summed E-state index contributed by atoms with van der Waals surface area (Å²) in [6.45, 7) is 3.87. The Morgan fingerprint density at radius 1 is 1.05 bits per heavy atom. The summed E-state index contributed by atoms with van der Waals surface area (Å²) in [6, 6.07) is 5.43. The summed E-state index contributed by atoms with van der Waals surface area (Å²) < 4.78 is 39.8. The molecule has 2 rings (SSSR count). The van der Waals surface area contributed by atoms with Crippen LogP contribution in [0.4, 0.5) is 13.2 Å². The highest BCUT2D eigenvalue weighted by Crippen LogP contribution is 2.25. The third-order valence-corrected chi connectivity index (χ3v) is 3.03. The van der Waals surface area contributed by atoms with Crippen molar-refractivity contribution in [3.63, 3.8) is 0 Å². The van der Waals surface area contributed by atoms with Crippen LogP contribution in [0, 0.1) is 5.92 Å². The van der Waals surface area contributed by atoms with Gasteiger partial charge in [0.2, 0.25) is 0 Å².